The number of benzene rings is 3. The predicted octanol–water partition coefficient (Wildman–Crippen LogP) is 7.01. The lowest BCUT2D eigenvalue weighted by atomic mass is 10.1. The summed E-state index contributed by atoms with van der Waals surface area (Å²) in [6.07, 6.45) is -3.95. The number of carbonyl (C=O) groups is 2. The van der Waals surface area contributed by atoms with Crippen molar-refractivity contribution in [2.75, 3.05) is 4.90 Å². The summed E-state index contributed by atoms with van der Waals surface area (Å²) < 4.78 is 49.0. The van der Waals surface area contributed by atoms with Crippen LogP contribution in [-0.2, 0) is 28.6 Å². The minimum absolute atomic E-state index is 0.0949. The van der Waals surface area contributed by atoms with Crippen LogP contribution in [0.5, 0.6) is 11.5 Å². The van der Waals surface area contributed by atoms with E-state index in [9.17, 15) is 22.8 Å². The Kier molecular flexibility index (Phi) is 8.39. The number of amides is 2. The quantitative estimate of drug-likeness (QED) is 0.103. The highest BCUT2D eigenvalue weighted by Gasteiger charge is 2.40. The van der Waals surface area contributed by atoms with Gasteiger partial charge in [0.15, 0.2) is 10.8 Å². The van der Waals surface area contributed by atoms with Gasteiger partial charge in [0.1, 0.15) is 22.1 Å². The Bertz CT molecular complexity index is 1710. The molecule has 0 unspecified atom stereocenters. The first-order valence-corrected chi connectivity index (χ1v) is 14.0. The Balaban J connectivity index is 1.48. The first-order chi connectivity index (χ1) is 20.0. The highest BCUT2D eigenvalue weighted by Crippen LogP contribution is 2.39. The maximum Gasteiger partial charge on any atom is 0.435 e. The smallest absolute Gasteiger partial charge is 0.435 e. The Morgan fingerprint density at radius 3 is 2.31 bits per heavy atom. The molecule has 1 aromatic heterocycles. The Morgan fingerprint density at radius 1 is 1.00 bits per heavy atom. The van der Waals surface area contributed by atoms with Crippen LogP contribution in [0, 0.1) is 0 Å². The molecule has 0 atom stereocenters. The van der Waals surface area contributed by atoms with E-state index < -0.39 is 34.8 Å². The van der Waals surface area contributed by atoms with Gasteiger partial charge in [0.05, 0.1) is 5.69 Å². The van der Waals surface area contributed by atoms with E-state index in [4.69, 9.17) is 28.6 Å². The van der Waals surface area contributed by atoms with E-state index in [0.29, 0.717) is 22.1 Å². The van der Waals surface area contributed by atoms with Crippen molar-refractivity contribution in [3.63, 3.8) is 0 Å². The fourth-order valence-electron chi connectivity index (χ4n) is 4.12. The number of halogens is 4. The highest BCUT2D eigenvalue weighted by atomic mass is 35.5. The molecule has 4 aromatic rings. The van der Waals surface area contributed by atoms with Crippen molar-refractivity contribution in [3.05, 3.63) is 106 Å². The number of carbonyl (C=O) groups excluding carboxylic acids is 2. The topological polar surface area (TPSA) is 76.5 Å². The third-order valence-corrected chi connectivity index (χ3v) is 7.95. The third-order valence-electron chi connectivity index (χ3n) is 6.08. The van der Waals surface area contributed by atoms with E-state index in [1.807, 2.05) is 18.2 Å². The molecule has 1 aliphatic heterocycles. The molecule has 7 nitrogen and oxygen atoms in total. The van der Waals surface area contributed by atoms with Gasteiger partial charge in [-0.2, -0.15) is 18.3 Å². The van der Waals surface area contributed by atoms with Crippen LogP contribution in [0.2, 0.25) is 5.02 Å². The van der Waals surface area contributed by atoms with Crippen LogP contribution in [0.15, 0.2) is 89.5 Å². The van der Waals surface area contributed by atoms with Crippen molar-refractivity contribution in [2.24, 2.45) is 7.05 Å². The number of nitrogens with zero attached hydrogens (tertiary/aromatic N) is 3. The fourth-order valence-corrected chi connectivity index (χ4v) is 5.77. The maximum absolute atomic E-state index is 14.1. The number of para-hydroxylation sites is 1. The van der Waals surface area contributed by atoms with Crippen molar-refractivity contribution < 1.29 is 27.5 Å². The molecule has 0 saturated carbocycles. The number of ether oxygens (including phenoxy) is 1. The molecular weight excluding hydrogens is 609 g/mol. The molecule has 1 aliphatic rings. The van der Waals surface area contributed by atoms with Crippen LogP contribution in [0.1, 0.15) is 16.8 Å². The van der Waals surface area contributed by atoms with E-state index in [1.54, 1.807) is 60.7 Å². The average Bonchev–Trinajstić information content (AvgIpc) is 3.27. The molecule has 0 spiro atoms. The van der Waals surface area contributed by atoms with Gasteiger partial charge in [-0.3, -0.25) is 24.5 Å². The van der Waals surface area contributed by atoms with Crippen molar-refractivity contribution in [3.8, 4) is 11.5 Å². The maximum atomic E-state index is 14.1. The number of hydrogen-bond acceptors (Lipinski definition) is 6. The molecule has 13 heteroatoms. The Hall–Kier alpha value is -4.13. The lowest BCUT2D eigenvalue weighted by molar-refractivity contribution is -0.141. The lowest BCUT2D eigenvalue weighted by Crippen LogP contribution is -2.54. The lowest BCUT2D eigenvalue weighted by Gasteiger charge is -2.29. The van der Waals surface area contributed by atoms with Gasteiger partial charge >= 0.3 is 6.18 Å². The van der Waals surface area contributed by atoms with E-state index in [2.05, 4.69) is 10.4 Å². The van der Waals surface area contributed by atoms with Crippen molar-refractivity contribution >= 4 is 64.3 Å². The van der Waals surface area contributed by atoms with E-state index in [-0.39, 0.29) is 21.6 Å². The van der Waals surface area contributed by atoms with Crippen LogP contribution in [-0.4, -0.2) is 26.7 Å². The number of aryl methyl sites for hydroxylation is 1. The summed E-state index contributed by atoms with van der Waals surface area (Å²) in [5.74, 6) is -0.512. The molecule has 1 fully saturated rings. The summed E-state index contributed by atoms with van der Waals surface area (Å²) in [5, 5.41) is 6.40. The second-order valence-electron chi connectivity index (χ2n) is 8.94. The fraction of sp³-hybridized carbons (Fsp3) is 0.103. The number of alkyl halides is 3. The molecule has 2 heterocycles. The number of hydrogen-bond donors (Lipinski definition) is 1. The van der Waals surface area contributed by atoms with Gasteiger partial charge in [0.25, 0.3) is 11.8 Å². The summed E-state index contributed by atoms with van der Waals surface area (Å²) >= 11 is 12.5. The number of thiocarbonyl (C=S) groups is 1. The molecule has 2 amide bonds. The number of aromatic nitrogens is 2. The number of nitrogens with one attached hydrogen (secondary N) is 1. The van der Waals surface area contributed by atoms with Crippen LogP contribution >= 0.6 is 35.6 Å². The number of rotatable bonds is 7. The van der Waals surface area contributed by atoms with E-state index in [1.165, 1.54) is 7.05 Å². The largest absolute Gasteiger partial charge is 0.457 e. The van der Waals surface area contributed by atoms with Gasteiger partial charge in [0, 0.05) is 23.4 Å². The highest BCUT2D eigenvalue weighted by molar-refractivity contribution is 7.98. The second-order valence-corrected chi connectivity index (χ2v) is 10.7. The molecule has 1 N–H and O–H groups in total. The minimum atomic E-state index is -4.86. The predicted molar refractivity (Wildman–Crippen MR) is 158 cm³/mol. The molecule has 5 rings (SSSR count). The van der Waals surface area contributed by atoms with Gasteiger partial charge in [0.2, 0.25) is 0 Å². The normalized spacial score (nSPS) is 14.8. The van der Waals surface area contributed by atoms with Gasteiger partial charge in [-0.1, -0.05) is 48.0 Å². The van der Waals surface area contributed by atoms with Crippen LogP contribution in [0.4, 0.5) is 18.9 Å². The average molecular weight is 629 g/mol. The molecular formula is C29H20ClF3N4O3S2. The Labute approximate surface area is 252 Å². The van der Waals surface area contributed by atoms with Crippen molar-refractivity contribution in [1.29, 1.82) is 0 Å². The summed E-state index contributed by atoms with van der Waals surface area (Å²) in [6, 6.07) is 22.3. The molecule has 0 bridgehead atoms. The van der Waals surface area contributed by atoms with Gasteiger partial charge in [-0.25, -0.2) is 0 Å². The van der Waals surface area contributed by atoms with Crippen LogP contribution in [0.3, 0.4) is 0 Å². The molecule has 0 aliphatic carbocycles. The SMILES string of the molecule is Cn1nc(C(F)(F)F)c(C=C2C(=O)NC(=S)N(c3ccc(Oc4ccccc4)cc3)C2=O)c1SCc1ccccc1Cl. The molecule has 42 heavy (non-hydrogen) atoms. The minimum Gasteiger partial charge on any atom is -0.457 e. The summed E-state index contributed by atoms with van der Waals surface area (Å²) in [4.78, 5) is 27.5. The van der Waals surface area contributed by atoms with Gasteiger partial charge in [-0.05, 0) is 66.3 Å². The third kappa shape index (κ3) is 6.20. The van der Waals surface area contributed by atoms with Gasteiger partial charge in [-0.15, -0.1) is 11.8 Å². The summed E-state index contributed by atoms with van der Waals surface area (Å²) in [6.45, 7) is 0. The summed E-state index contributed by atoms with van der Waals surface area (Å²) in [5.41, 5.74) is -1.21. The zero-order chi connectivity index (χ0) is 30.0. The molecule has 0 radical (unpaired) electrons. The first-order valence-electron chi connectivity index (χ1n) is 12.3. The summed E-state index contributed by atoms with van der Waals surface area (Å²) in [7, 11) is 1.36. The van der Waals surface area contributed by atoms with Crippen LogP contribution < -0.4 is 15.0 Å². The van der Waals surface area contributed by atoms with E-state index in [0.717, 1.165) is 27.4 Å². The zero-order valence-electron chi connectivity index (χ0n) is 21.7. The monoisotopic (exact) mass is 628 g/mol. The second kappa shape index (κ2) is 12.0. The van der Waals surface area contributed by atoms with Crippen molar-refractivity contribution in [1.82, 2.24) is 15.1 Å². The zero-order valence-corrected chi connectivity index (χ0v) is 24.1. The van der Waals surface area contributed by atoms with Crippen LogP contribution in [0.25, 0.3) is 6.08 Å². The molecule has 1 saturated heterocycles. The molecule has 3 aromatic carbocycles. The number of thioether (sulfide) groups is 1. The van der Waals surface area contributed by atoms with E-state index >= 15 is 0 Å². The first kappa shape index (κ1) is 29.4. The Morgan fingerprint density at radius 2 is 1.64 bits per heavy atom. The van der Waals surface area contributed by atoms with Gasteiger partial charge < -0.3 is 4.74 Å². The van der Waals surface area contributed by atoms with Crippen molar-refractivity contribution in [2.45, 2.75) is 17.0 Å². The standard InChI is InChI=1S/C29H20ClF3N4O3S2/c1-36-27(42-16-17-7-5-6-10-23(17)30)21(24(35-36)29(31,32)33)15-22-25(38)34-28(41)37(26(22)39)18-11-13-20(14-12-18)40-19-8-3-2-4-9-19/h2-15H,16H2,1H3,(H,34,38,41). The molecule has 214 valence electrons. The number of anilines is 1.